The summed E-state index contributed by atoms with van der Waals surface area (Å²) >= 11 is 12.6. The first-order valence-electron chi connectivity index (χ1n) is 14.4. The SMILES string of the molecule is CC(C)(C)OC(=O)N(C(=O)OC(C)(C)C)C1=C2C(C(F)(F)F)=NC(C(F)(F)F)=NC2N(CCCCC#N)N1c1c(Cl)cc(C(F)(F)F)cc1Cl. The maximum atomic E-state index is 14.8. The van der Waals surface area contributed by atoms with Crippen molar-refractivity contribution in [2.45, 2.75) is 96.7 Å². The lowest BCUT2D eigenvalue weighted by atomic mass is 10.1. The van der Waals surface area contributed by atoms with Gasteiger partial charge in [0.05, 0.1) is 32.9 Å². The molecule has 2 heterocycles. The van der Waals surface area contributed by atoms with Gasteiger partial charge in [0, 0.05) is 13.0 Å². The van der Waals surface area contributed by atoms with Crippen molar-refractivity contribution in [2.75, 3.05) is 11.6 Å². The van der Waals surface area contributed by atoms with Gasteiger partial charge in [0.2, 0.25) is 5.84 Å². The quantitative estimate of drug-likeness (QED) is 0.210. The Morgan fingerprint density at radius 1 is 0.860 bits per heavy atom. The zero-order valence-electron chi connectivity index (χ0n) is 27.0. The van der Waals surface area contributed by atoms with Crippen LogP contribution in [0.3, 0.4) is 0 Å². The number of halogens is 11. The number of imide groups is 1. The van der Waals surface area contributed by atoms with Crippen molar-refractivity contribution < 1.29 is 58.6 Å². The number of carbonyl (C=O) groups is 2. The third-order valence-electron chi connectivity index (χ3n) is 6.32. The van der Waals surface area contributed by atoms with E-state index in [9.17, 15) is 49.1 Å². The van der Waals surface area contributed by atoms with E-state index in [2.05, 4.69) is 9.98 Å². The zero-order valence-corrected chi connectivity index (χ0v) is 28.5. The van der Waals surface area contributed by atoms with Crippen LogP contribution in [-0.4, -0.2) is 69.9 Å². The van der Waals surface area contributed by atoms with Gasteiger partial charge in [0.25, 0.3) is 0 Å². The molecule has 0 spiro atoms. The average Bonchev–Trinajstić information content (AvgIpc) is 3.20. The van der Waals surface area contributed by atoms with Gasteiger partial charge < -0.3 is 9.47 Å². The summed E-state index contributed by atoms with van der Waals surface area (Å²) < 4.78 is 138. The van der Waals surface area contributed by atoms with Gasteiger partial charge in [-0.25, -0.2) is 19.6 Å². The molecule has 2 aliphatic heterocycles. The monoisotopic (exact) mass is 766 g/mol. The molecule has 0 N–H and O–H groups in total. The van der Waals surface area contributed by atoms with Crippen molar-refractivity contribution in [1.82, 2.24) is 9.91 Å². The molecular weight excluding hydrogens is 738 g/mol. The van der Waals surface area contributed by atoms with Gasteiger partial charge >= 0.3 is 30.7 Å². The van der Waals surface area contributed by atoms with E-state index in [0.717, 1.165) is 0 Å². The first kappa shape index (κ1) is 40.7. The van der Waals surface area contributed by atoms with Gasteiger partial charge in [-0.1, -0.05) is 23.2 Å². The van der Waals surface area contributed by atoms with E-state index >= 15 is 0 Å². The van der Waals surface area contributed by atoms with Gasteiger partial charge in [0.15, 0.2) is 17.7 Å². The van der Waals surface area contributed by atoms with E-state index in [4.69, 9.17) is 37.9 Å². The van der Waals surface area contributed by atoms with Crippen molar-refractivity contribution in [1.29, 1.82) is 5.26 Å². The number of aliphatic imine (C=N–C) groups is 2. The summed E-state index contributed by atoms with van der Waals surface area (Å²) in [6, 6.07) is 2.48. The van der Waals surface area contributed by atoms with Crippen LogP contribution in [0.4, 0.5) is 54.8 Å². The Labute approximate surface area is 289 Å². The molecule has 1 unspecified atom stereocenters. The fourth-order valence-electron chi connectivity index (χ4n) is 4.58. The number of rotatable bonds is 6. The number of amidine groups is 1. The highest BCUT2D eigenvalue weighted by Crippen LogP contribution is 2.49. The zero-order chi connectivity index (χ0) is 38.4. The Hall–Kier alpha value is -3.76. The summed E-state index contributed by atoms with van der Waals surface area (Å²) in [7, 11) is 0. The van der Waals surface area contributed by atoms with Crippen molar-refractivity contribution in [3.63, 3.8) is 0 Å². The highest BCUT2D eigenvalue weighted by atomic mass is 35.5. The number of ether oxygens (including phenoxy) is 2. The van der Waals surface area contributed by atoms with E-state index < -0.39 is 98.9 Å². The lowest BCUT2D eigenvalue weighted by Gasteiger charge is -2.38. The van der Waals surface area contributed by atoms with Crippen LogP contribution in [0.2, 0.25) is 10.0 Å². The fraction of sp³-hybridized carbons (Fsp3) is 0.552. The molecule has 10 nitrogen and oxygen atoms in total. The molecular formula is C29H29Cl2F9N6O4. The molecule has 0 aromatic heterocycles. The second kappa shape index (κ2) is 14.1. The number of anilines is 1. The normalized spacial score (nSPS) is 17.6. The molecule has 0 radical (unpaired) electrons. The number of hydrazine groups is 1. The number of hydrogen-bond acceptors (Lipinski definition) is 9. The predicted octanol–water partition coefficient (Wildman–Crippen LogP) is 9.43. The highest BCUT2D eigenvalue weighted by Gasteiger charge is 2.57. The second-order valence-electron chi connectivity index (χ2n) is 12.7. The first-order chi connectivity index (χ1) is 22.6. The molecule has 0 aliphatic carbocycles. The van der Waals surface area contributed by atoms with Crippen LogP contribution < -0.4 is 5.01 Å². The summed E-state index contributed by atoms with van der Waals surface area (Å²) in [6.07, 6.45) is -22.4. The summed E-state index contributed by atoms with van der Waals surface area (Å²) in [4.78, 5) is 33.7. The molecule has 21 heteroatoms. The molecule has 2 aliphatic rings. The largest absolute Gasteiger partial charge is 0.451 e. The van der Waals surface area contributed by atoms with Crippen LogP contribution in [0.5, 0.6) is 0 Å². The van der Waals surface area contributed by atoms with Crippen molar-refractivity contribution in [3.05, 3.63) is 39.1 Å². The van der Waals surface area contributed by atoms with E-state index in [-0.39, 0.29) is 24.2 Å². The van der Waals surface area contributed by atoms with Gasteiger partial charge in [-0.3, -0.25) is 5.01 Å². The van der Waals surface area contributed by atoms with Gasteiger partial charge in [-0.15, -0.1) is 0 Å². The number of nitriles is 1. The number of unbranched alkanes of at least 4 members (excludes halogenated alkanes) is 2. The van der Waals surface area contributed by atoms with Crippen LogP contribution in [0.25, 0.3) is 0 Å². The van der Waals surface area contributed by atoms with Gasteiger partial charge in [-0.05, 0) is 66.5 Å². The number of alkyl halides is 9. The van der Waals surface area contributed by atoms with E-state index in [1.54, 1.807) is 0 Å². The lowest BCUT2D eigenvalue weighted by Crippen LogP contribution is -2.50. The smallest absolute Gasteiger partial charge is 0.443 e. The summed E-state index contributed by atoms with van der Waals surface area (Å²) in [5, 5.41) is 8.33. The van der Waals surface area contributed by atoms with Crippen LogP contribution in [-0.2, 0) is 15.7 Å². The topological polar surface area (TPSA) is 111 Å². The molecule has 1 aromatic rings. The van der Waals surface area contributed by atoms with Crippen molar-refractivity contribution in [2.24, 2.45) is 9.98 Å². The second-order valence-corrected chi connectivity index (χ2v) is 13.5. The maximum Gasteiger partial charge on any atom is 0.451 e. The number of hydrogen-bond donors (Lipinski definition) is 0. The lowest BCUT2D eigenvalue weighted by molar-refractivity contribution is -0.137. The number of amides is 2. The van der Waals surface area contributed by atoms with Crippen LogP contribution in [0, 0.1) is 11.3 Å². The third kappa shape index (κ3) is 9.31. The van der Waals surface area contributed by atoms with Crippen LogP contribution in [0.15, 0.2) is 33.5 Å². The highest BCUT2D eigenvalue weighted by molar-refractivity contribution is 6.39. The average molecular weight is 767 g/mol. The standard InChI is InChI=1S/C29H29Cl2F9N6O4/c1-25(2,3)49-23(47)45(24(48)50-26(4,5)6)21-17-19(28(35,36)37)42-22(29(38,39)40)43-20(17)44(11-9-7-8-10-41)46(21)18-15(30)12-14(13-16(18)31)27(32,33)34/h12-13,20H,7-9,11H2,1-6H3. The molecule has 0 fully saturated rings. The molecule has 0 saturated heterocycles. The van der Waals surface area contributed by atoms with Gasteiger partial charge in [0.1, 0.15) is 11.2 Å². The molecule has 0 saturated carbocycles. The number of benzene rings is 1. The Bertz CT molecular complexity index is 1600. The Morgan fingerprint density at radius 3 is 1.76 bits per heavy atom. The Balaban J connectivity index is 2.59. The minimum absolute atomic E-state index is 0.0185. The molecule has 50 heavy (non-hydrogen) atoms. The summed E-state index contributed by atoms with van der Waals surface area (Å²) in [6.45, 7) is 7.33. The molecule has 0 bridgehead atoms. The van der Waals surface area contributed by atoms with Crippen molar-refractivity contribution in [3.8, 4) is 6.07 Å². The first-order valence-corrected chi connectivity index (χ1v) is 15.2. The fourth-order valence-corrected chi connectivity index (χ4v) is 5.22. The third-order valence-corrected chi connectivity index (χ3v) is 6.90. The minimum Gasteiger partial charge on any atom is -0.443 e. The summed E-state index contributed by atoms with van der Waals surface area (Å²) in [5.41, 5.74) is -8.72. The van der Waals surface area contributed by atoms with E-state index in [1.165, 1.54) is 41.5 Å². The predicted molar refractivity (Wildman–Crippen MR) is 162 cm³/mol. The van der Waals surface area contributed by atoms with Crippen LogP contribution in [0.1, 0.15) is 66.4 Å². The Kier molecular flexibility index (Phi) is 11.5. The number of fused-ring (bicyclic) bond motifs is 1. The molecule has 1 aromatic carbocycles. The Morgan fingerprint density at radius 2 is 1.36 bits per heavy atom. The van der Waals surface area contributed by atoms with Gasteiger partial charge in [-0.2, -0.15) is 54.7 Å². The van der Waals surface area contributed by atoms with Crippen molar-refractivity contribution >= 4 is 52.6 Å². The molecule has 276 valence electrons. The molecule has 2 amide bonds. The molecule has 1 atom stereocenters. The maximum absolute atomic E-state index is 14.8. The number of carbonyl (C=O) groups excluding carboxylic acids is 2. The van der Waals surface area contributed by atoms with E-state index in [1.807, 2.05) is 6.07 Å². The van der Waals surface area contributed by atoms with E-state index in [0.29, 0.717) is 22.2 Å². The van der Waals surface area contributed by atoms with Crippen LogP contribution >= 0.6 is 23.2 Å². The number of nitrogens with zero attached hydrogens (tertiary/aromatic N) is 6. The molecule has 3 rings (SSSR count). The summed E-state index contributed by atoms with van der Waals surface area (Å²) in [5.74, 6) is -3.50. The minimum atomic E-state index is -5.73.